The Kier molecular flexibility index (Phi) is 5.21. The van der Waals surface area contributed by atoms with Gasteiger partial charge >= 0.3 is 0 Å². The Morgan fingerprint density at radius 2 is 1.94 bits per heavy atom. The topological polar surface area (TPSA) is 43.4 Å². The van der Waals surface area contributed by atoms with Gasteiger partial charge in [-0.15, -0.1) is 0 Å². The number of nitrogens with zero attached hydrogens (tertiary/aromatic N) is 3. The summed E-state index contributed by atoms with van der Waals surface area (Å²) < 4.78 is 0. The summed E-state index contributed by atoms with van der Waals surface area (Å²) in [6, 6.07) is 12.3. The molecule has 0 bridgehead atoms. The van der Waals surface area contributed by atoms with Crippen molar-refractivity contribution in [3.63, 3.8) is 0 Å². The summed E-state index contributed by atoms with van der Waals surface area (Å²) in [5.74, 6) is 1.66. The molecular formula is C26H35N5. The molecule has 0 radical (unpaired) electrons. The van der Waals surface area contributed by atoms with Gasteiger partial charge in [-0.25, -0.2) is 0 Å². The van der Waals surface area contributed by atoms with E-state index < -0.39 is 0 Å². The molecule has 3 aliphatic heterocycles. The Morgan fingerprint density at radius 1 is 1.10 bits per heavy atom. The minimum Gasteiger partial charge on any atom is -0.371 e. The van der Waals surface area contributed by atoms with E-state index in [0.29, 0.717) is 12.1 Å². The van der Waals surface area contributed by atoms with Crippen LogP contribution in [-0.4, -0.2) is 55.7 Å². The van der Waals surface area contributed by atoms with E-state index in [1.165, 1.54) is 67.9 Å². The Balaban J connectivity index is 1.18. The summed E-state index contributed by atoms with van der Waals surface area (Å²) in [6.07, 6.45) is 6.76. The molecule has 4 heterocycles. The zero-order chi connectivity index (χ0) is 20.8. The number of hydrogen-bond donors (Lipinski definition) is 2. The highest BCUT2D eigenvalue weighted by molar-refractivity contribution is 5.59. The number of nitrogens with one attached hydrogen (secondary N) is 2. The molecule has 2 N–H and O–H groups in total. The lowest BCUT2D eigenvalue weighted by Gasteiger charge is -2.37. The van der Waals surface area contributed by atoms with Crippen LogP contribution in [0.2, 0.25) is 0 Å². The van der Waals surface area contributed by atoms with Crippen LogP contribution >= 0.6 is 0 Å². The van der Waals surface area contributed by atoms with Crippen molar-refractivity contribution >= 4 is 5.69 Å². The van der Waals surface area contributed by atoms with Gasteiger partial charge in [-0.3, -0.25) is 9.88 Å². The summed E-state index contributed by atoms with van der Waals surface area (Å²) >= 11 is 0. The van der Waals surface area contributed by atoms with Crippen molar-refractivity contribution in [1.29, 1.82) is 0 Å². The largest absolute Gasteiger partial charge is 0.371 e. The number of aryl methyl sites for hydroxylation is 1. The van der Waals surface area contributed by atoms with Crippen LogP contribution in [0.15, 0.2) is 36.5 Å². The summed E-state index contributed by atoms with van der Waals surface area (Å²) in [4.78, 5) is 10.0. The normalized spacial score (nSPS) is 29.7. The third-order valence-electron chi connectivity index (χ3n) is 8.22. The molecule has 1 aromatic heterocycles. The lowest BCUT2D eigenvalue weighted by Crippen LogP contribution is -2.45. The first-order valence-corrected chi connectivity index (χ1v) is 12.2. The smallest absolute Gasteiger partial charge is 0.0607 e. The van der Waals surface area contributed by atoms with Gasteiger partial charge in [-0.05, 0) is 73.4 Å². The Labute approximate surface area is 186 Å². The molecule has 1 aliphatic carbocycles. The minimum atomic E-state index is 0.453. The second kappa shape index (κ2) is 8.19. The van der Waals surface area contributed by atoms with E-state index in [0.717, 1.165) is 31.3 Å². The number of benzene rings is 1. The molecule has 2 aromatic rings. The Hall–Kier alpha value is -1.95. The minimum absolute atomic E-state index is 0.453. The molecule has 164 valence electrons. The number of fused-ring (bicyclic) bond motifs is 3. The monoisotopic (exact) mass is 417 g/mol. The maximum Gasteiger partial charge on any atom is 0.0607 e. The summed E-state index contributed by atoms with van der Waals surface area (Å²) in [6.45, 7) is 6.89. The van der Waals surface area contributed by atoms with Gasteiger partial charge in [-0.1, -0.05) is 18.2 Å². The fourth-order valence-electron chi connectivity index (χ4n) is 6.56. The zero-order valence-electron chi connectivity index (χ0n) is 18.7. The van der Waals surface area contributed by atoms with Gasteiger partial charge in [0, 0.05) is 57.2 Å². The fourth-order valence-corrected chi connectivity index (χ4v) is 6.56. The van der Waals surface area contributed by atoms with Gasteiger partial charge in [-0.2, -0.15) is 0 Å². The Bertz CT molecular complexity index is 931. The molecule has 2 fully saturated rings. The molecule has 1 aromatic carbocycles. The molecule has 6 rings (SSSR count). The molecule has 5 nitrogen and oxygen atoms in total. The van der Waals surface area contributed by atoms with E-state index >= 15 is 0 Å². The fraction of sp³-hybridized carbons (Fsp3) is 0.577. The third-order valence-corrected chi connectivity index (χ3v) is 8.22. The van der Waals surface area contributed by atoms with Crippen LogP contribution in [0.5, 0.6) is 0 Å². The molecule has 2 unspecified atom stereocenters. The van der Waals surface area contributed by atoms with Crippen molar-refractivity contribution in [3.8, 4) is 0 Å². The maximum absolute atomic E-state index is 4.77. The van der Waals surface area contributed by atoms with Crippen molar-refractivity contribution < 1.29 is 0 Å². The molecule has 5 heteroatoms. The first kappa shape index (κ1) is 19.7. The van der Waals surface area contributed by atoms with Crippen molar-refractivity contribution in [1.82, 2.24) is 20.5 Å². The van der Waals surface area contributed by atoms with E-state index in [9.17, 15) is 0 Å². The number of aromatic nitrogens is 1. The van der Waals surface area contributed by atoms with Crippen molar-refractivity contribution in [3.05, 3.63) is 58.9 Å². The van der Waals surface area contributed by atoms with Crippen LogP contribution < -0.4 is 15.5 Å². The van der Waals surface area contributed by atoms with Crippen LogP contribution in [0.1, 0.15) is 41.3 Å². The highest BCUT2D eigenvalue weighted by atomic mass is 15.2. The van der Waals surface area contributed by atoms with Crippen molar-refractivity contribution in [2.24, 2.45) is 11.8 Å². The van der Waals surface area contributed by atoms with E-state index in [-0.39, 0.29) is 0 Å². The first-order valence-electron chi connectivity index (χ1n) is 12.2. The van der Waals surface area contributed by atoms with Crippen LogP contribution in [0, 0.1) is 11.8 Å². The van der Waals surface area contributed by atoms with Crippen molar-refractivity contribution in [2.75, 3.05) is 44.7 Å². The lowest BCUT2D eigenvalue weighted by molar-refractivity contribution is 0.191. The van der Waals surface area contributed by atoms with Crippen LogP contribution in [0.4, 0.5) is 5.69 Å². The SMILES string of the molecule is CN(C[C@H]1Cc2c(cccc2N2CC3CNCC3C2)CN1)[C@H]1CCCc2cccnc21. The van der Waals surface area contributed by atoms with Gasteiger partial charge in [0.1, 0.15) is 0 Å². The average molecular weight is 418 g/mol. The van der Waals surface area contributed by atoms with Crippen LogP contribution in [0.25, 0.3) is 0 Å². The molecule has 2 saturated heterocycles. The second-order valence-electron chi connectivity index (χ2n) is 10.2. The molecular weight excluding hydrogens is 382 g/mol. The van der Waals surface area contributed by atoms with E-state index in [1.54, 1.807) is 5.56 Å². The number of pyridine rings is 1. The van der Waals surface area contributed by atoms with Gasteiger partial charge in [0.2, 0.25) is 0 Å². The molecule has 31 heavy (non-hydrogen) atoms. The molecule has 4 aliphatic rings. The summed E-state index contributed by atoms with van der Waals surface area (Å²) in [5.41, 5.74) is 7.35. The van der Waals surface area contributed by atoms with E-state index in [2.05, 4.69) is 57.8 Å². The third kappa shape index (κ3) is 3.67. The standard InChI is InChI=1S/C26H35N5/c1-30(25-9-2-5-18-7-4-10-28-26(18)25)17-22-11-23-19(14-29-22)6-3-8-24(23)31-15-20-12-27-13-21(20)16-31/h3-4,6-8,10,20-22,25,27,29H,2,5,9,11-17H2,1H3/t20?,21?,22-,25+/m1/s1. The molecule has 0 spiro atoms. The van der Waals surface area contributed by atoms with Gasteiger partial charge in [0.05, 0.1) is 11.7 Å². The number of anilines is 1. The molecule has 0 amide bonds. The summed E-state index contributed by atoms with van der Waals surface area (Å²) in [5, 5.41) is 7.41. The molecule has 4 atom stereocenters. The predicted molar refractivity (Wildman–Crippen MR) is 125 cm³/mol. The van der Waals surface area contributed by atoms with Gasteiger partial charge in [0.25, 0.3) is 0 Å². The van der Waals surface area contributed by atoms with Crippen LogP contribution in [0.3, 0.4) is 0 Å². The highest BCUT2D eigenvalue weighted by Gasteiger charge is 2.37. The quantitative estimate of drug-likeness (QED) is 0.801. The summed E-state index contributed by atoms with van der Waals surface area (Å²) in [7, 11) is 2.30. The van der Waals surface area contributed by atoms with Crippen LogP contribution in [-0.2, 0) is 19.4 Å². The first-order chi connectivity index (χ1) is 15.3. The number of hydrogen-bond acceptors (Lipinski definition) is 5. The number of rotatable bonds is 4. The zero-order valence-corrected chi connectivity index (χ0v) is 18.7. The van der Waals surface area contributed by atoms with Crippen molar-refractivity contribution in [2.45, 2.75) is 44.3 Å². The van der Waals surface area contributed by atoms with E-state index in [1.807, 2.05) is 6.20 Å². The maximum atomic E-state index is 4.77. The number of likely N-dealkylation sites (N-methyl/N-ethyl adjacent to an activating group) is 1. The molecule has 0 saturated carbocycles. The lowest BCUT2D eigenvalue weighted by atomic mass is 9.89. The van der Waals surface area contributed by atoms with Gasteiger partial charge < -0.3 is 15.5 Å². The van der Waals surface area contributed by atoms with Gasteiger partial charge in [0.15, 0.2) is 0 Å². The van der Waals surface area contributed by atoms with E-state index in [4.69, 9.17) is 4.98 Å². The highest BCUT2D eigenvalue weighted by Crippen LogP contribution is 2.36. The second-order valence-corrected chi connectivity index (χ2v) is 10.2. The average Bonchev–Trinajstić information content (AvgIpc) is 3.41. The Morgan fingerprint density at radius 3 is 2.81 bits per heavy atom. The predicted octanol–water partition coefficient (Wildman–Crippen LogP) is 2.76.